The Morgan fingerprint density at radius 1 is 1.00 bits per heavy atom. The van der Waals surface area contributed by atoms with Crippen LogP contribution in [0.25, 0.3) is 0 Å². The zero-order valence-corrected chi connectivity index (χ0v) is 16.5. The molecule has 7 nitrogen and oxygen atoms in total. The summed E-state index contributed by atoms with van der Waals surface area (Å²) in [4.78, 5) is 14.2. The Bertz CT molecular complexity index is 776. The fraction of sp³-hybridized carbons (Fsp3) is 0.381. The van der Waals surface area contributed by atoms with Gasteiger partial charge in [-0.2, -0.15) is 0 Å². The second-order valence-corrected chi connectivity index (χ2v) is 6.60. The minimum Gasteiger partial charge on any atom is -0.493 e. The molecule has 1 saturated heterocycles. The molecule has 1 aliphatic heterocycles. The Hall–Kier alpha value is -2.77. The van der Waals surface area contributed by atoms with Gasteiger partial charge in [-0.15, -0.1) is 0 Å². The summed E-state index contributed by atoms with van der Waals surface area (Å²) >= 11 is 0. The van der Waals surface area contributed by atoms with Gasteiger partial charge in [0, 0.05) is 16.8 Å². The molecule has 1 heterocycles. The molecule has 0 atom stereocenters. The summed E-state index contributed by atoms with van der Waals surface area (Å²) in [6, 6.07) is 11.2. The second kappa shape index (κ2) is 9.43. The van der Waals surface area contributed by atoms with Crippen molar-refractivity contribution in [2.45, 2.75) is 6.54 Å². The fourth-order valence-electron chi connectivity index (χ4n) is 3.25. The molecule has 2 aromatic rings. The molecule has 1 amide bonds. The Balaban J connectivity index is 1.68. The van der Waals surface area contributed by atoms with E-state index in [1.165, 1.54) is 31.8 Å². The third-order valence-electron chi connectivity index (χ3n) is 4.79. The summed E-state index contributed by atoms with van der Waals surface area (Å²) in [7, 11) is 4.57. The number of carbonyl (C=O) groups is 1. The van der Waals surface area contributed by atoms with Crippen molar-refractivity contribution in [3.63, 3.8) is 0 Å². The molecule has 28 heavy (non-hydrogen) atoms. The van der Waals surface area contributed by atoms with Crippen LogP contribution >= 0.6 is 0 Å². The van der Waals surface area contributed by atoms with Crippen molar-refractivity contribution in [1.82, 2.24) is 0 Å². The number of benzene rings is 2. The average Bonchev–Trinajstić information content (AvgIpc) is 2.74. The van der Waals surface area contributed by atoms with Gasteiger partial charge in [0.15, 0.2) is 11.5 Å². The molecule has 2 N–H and O–H groups in total. The van der Waals surface area contributed by atoms with Crippen LogP contribution in [0.15, 0.2) is 36.4 Å². The Morgan fingerprint density at radius 2 is 1.61 bits per heavy atom. The number of hydrogen-bond acceptors (Lipinski definition) is 5. The number of quaternary nitrogens is 1. The Labute approximate surface area is 165 Å². The molecule has 0 spiro atoms. The molecule has 0 aliphatic carbocycles. The molecule has 0 bridgehead atoms. The van der Waals surface area contributed by atoms with Crippen LogP contribution in [0.1, 0.15) is 15.9 Å². The first-order valence-corrected chi connectivity index (χ1v) is 9.26. The lowest BCUT2D eigenvalue weighted by molar-refractivity contribution is -0.921. The topological polar surface area (TPSA) is 70.5 Å². The van der Waals surface area contributed by atoms with Gasteiger partial charge in [-0.05, 0) is 24.3 Å². The van der Waals surface area contributed by atoms with Crippen LogP contribution in [0.5, 0.6) is 17.2 Å². The maximum Gasteiger partial charge on any atom is 0.255 e. The molecule has 7 heteroatoms. The Kier molecular flexibility index (Phi) is 6.73. The van der Waals surface area contributed by atoms with Crippen LogP contribution < -0.4 is 24.4 Å². The summed E-state index contributed by atoms with van der Waals surface area (Å²) in [5.74, 6) is 1.09. The van der Waals surface area contributed by atoms with Crippen LogP contribution in [0.4, 0.5) is 5.69 Å². The maximum absolute atomic E-state index is 12.7. The molecular weight excluding hydrogens is 360 g/mol. The largest absolute Gasteiger partial charge is 0.493 e. The van der Waals surface area contributed by atoms with Gasteiger partial charge in [0.25, 0.3) is 5.91 Å². The first-order chi connectivity index (χ1) is 13.6. The first kappa shape index (κ1) is 20.0. The van der Waals surface area contributed by atoms with Crippen LogP contribution in [-0.4, -0.2) is 53.5 Å². The van der Waals surface area contributed by atoms with Gasteiger partial charge in [0.2, 0.25) is 5.75 Å². The van der Waals surface area contributed by atoms with Crippen molar-refractivity contribution in [2.24, 2.45) is 0 Å². The van der Waals surface area contributed by atoms with Gasteiger partial charge in [0.05, 0.1) is 34.5 Å². The highest BCUT2D eigenvalue weighted by molar-refractivity contribution is 6.05. The monoisotopic (exact) mass is 387 g/mol. The van der Waals surface area contributed by atoms with E-state index in [2.05, 4.69) is 5.32 Å². The lowest BCUT2D eigenvalue weighted by Gasteiger charge is -2.23. The molecule has 0 saturated carbocycles. The smallest absolute Gasteiger partial charge is 0.255 e. The van der Waals surface area contributed by atoms with Gasteiger partial charge in [0.1, 0.15) is 19.6 Å². The van der Waals surface area contributed by atoms with Gasteiger partial charge >= 0.3 is 0 Å². The number of hydrogen-bond donors (Lipinski definition) is 2. The van der Waals surface area contributed by atoms with E-state index in [0.29, 0.717) is 22.8 Å². The first-order valence-electron chi connectivity index (χ1n) is 9.26. The van der Waals surface area contributed by atoms with Gasteiger partial charge < -0.3 is 29.2 Å². The molecular formula is C21H27N2O5+. The summed E-state index contributed by atoms with van der Waals surface area (Å²) in [6.45, 7) is 4.65. The standard InChI is InChI=1S/C21H26N2O5/c1-25-18-12-16(13-19(26-2)20(18)27-3)21(24)22-17-6-4-15(5-7-17)14-23-8-10-28-11-9-23/h4-7,12-13H,8-11,14H2,1-3H3,(H,22,24)/p+1. The van der Waals surface area contributed by atoms with E-state index in [1.54, 1.807) is 12.1 Å². The number of amides is 1. The number of ether oxygens (including phenoxy) is 4. The van der Waals surface area contributed by atoms with Crippen molar-refractivity contribution in [3.8, 4) is 17.2 Å². The molecule has 3 rings (SSSR count). The summed E-state index contributed by atoms with van der Waals surface area (Å²) in [5.41, 5.74) is 2.40. The molecule has 0 aromatic heterocycles. The van der Waals surface area contributed by atoms with Crippen molar-refractivity contribution in [3.05, 3.63) is 47.5 Å². The van der Waals surface area contributed by atoms with Crippen LogP contribution in [0, 0.1) is 0 Å². The van der Waals surface area contributed by atoms with E-state index in [0.717, 1.165) is 38.5 Å². The average molecular weight is 387 g/mol. The zero-order valence-electron chi connectivity index (χ0n) is 16.5. The number of rotatable bonds is 7. The quantitative estimate of drug-likeness (QED) is 0.751. The minimum atomic E-state index is -0.245. The highest BCUT2D eigenvalue weighted by Crippen LogP contribution is 2.38. The fourth-order valence-corrected chi connectivity index (χ4v) is 3.25. The number of morpholine rings is 1. The summed E-state index contributed by atoms with van der Waals surface area (Å²) in [5, 5.41) is 2.91. The predicted octanol–water partition coefficient (Wildman–Crippen LogP) is 1.38. The SMILES string of the molecule is COc1cc(C(=O)Nc2ccc(C[NH+]3CCOCC3)cc2)cc(OC)c1OC. The van der Waals surface area contributed by atoms with Crippen molar-refractivity contribution in [2.75, 3.05) is 52.9 Å². The van der Waals surface area contributed by atoms with Crippen molar-refractivity contribution < 1.29 is 28.6 Å². The molecule has 0 unspecified atom stereocenters. The molecule has 150 valence electrons. The number of methoxy groups -OCH3 is 3. The lowest BCUT2D eigenvalue weighted by Crippen LogP contribution is -3.12. The second-order valence-electron chi connectivity index (χ2n) is 6.60. The van der Waals surface area contributed by atoms with Crippen LogP contribution in [-0.2, 0) is 11.3 Å². The third kappa shape index (κ3) is 4.74. The molecule has 1 fully saturated rings. The highest BCUT2D eigenvalue weighted by atomic mass is 16.5. The molecule has 2 aromatic carbocycles. The van der Waals surface area contributed by atoms with E-state index < -0.39 is 0 Å². The van der Waals surface area contributed by atoms with Crippen LogP contribution in [0.3, 0.4) is 0 Å². The van der Waals surface area contributed by atoms with E-state index in [1.807, 2.05) is 24.3 Å². The van der Waals surface area contributed by atoms with Crippen molar-refractivity contribution in [1.29, 1.82) is 0 Å². The van der Waals surface area contributed by atoms with E-state index in [9.17, 15) is 4.79 Å². The molecule has 0 radical (unpaired) electrons. The summed E-state index contributed by atoms with van der Waals surface area (Å²) in [6.07, 6.45) is 0. The van der Waals surface area contributed by atoms with Crippen LogP contribution in [0.2, 0.25) is 0 Å². The maximum atomic E-state index is 12.7. The predicted molar refractivity (Wildman–Crippen MR) is 106 cm³/mol. The van der Waals surface area contributed by atoms with E-state index in [4.69, 9.17) is 18.9 Å². The third-order valence-corrected chi connectivity index (χ3v) is 4.79. The van der Waals surface area contributed by atoms with Gasteiger partial charge in [-0.25, -0.2) is 0 Å². The van der Waals surface area contributed by atoms with E-state index in [-0.39, 0.29) is 5.91 Å². The number of carbonyl (C=O) groups excluding carboxylic acids is 1. The van der Waals surface area contributed by atoms with Crippen molar-refractivity contribution >= 4 is 11.6 Å². The number of nitrogens with one attached hydrogen (secondary N) is 2. The zero-order chi connectivity index (χ0) is 19.9. The summed E-state index contributed by atoms with van der Waals surface area (Å²) < 4.78 is 21.3. The number of anilines is 1. The van der Waals surface area contributed by atoms with Gasteiger partial charge in [-0.1, -0.05) is 12.1 Å². The minimum absolute atomic E-state index is 0.245. The highest BCUT2D eigenvalue weighted by Gasteiger charge is 2.17. The Morgan fingerprint density at radius 3 is 2.14 bits per heavy atom. The normalized spacial score (nSPS) is 14.4. The van der Waals surface area contributed by atoms with E-state index >= 15 is 0 Å². The van der Waals surface area contributed by atoms with Gasteiger partial charge in [-0.3, -0.25) is 4.79 Å². The lowest BCUT2D eigenvalue weighted by atomic mass is 10.1. The molecule has 1 aliphatic rings.